The maximum atomic E-state index is 13.5. The molecule has 1 unspecified atom stereocenters. The molecule has 0 spiro atoms. The normalized spacial score (nSPS) is 12.1. The molecule has 4 rings (SSSR count). The van der Waals surface area contributed by atoms with Crippen molar-refractivity contribution in [2.45, 2.75) is 28.4 Å². The number of amides is 3. The monoisotopic (exact) mass is 659 g/mol. The number of nitrogens with zero attached hydrogens (tertiary/aromatic N) is 1. The summed E-state index contributed by atoms with van der Waals surface area (Å²) >= 11 is 1.25. The van der Waals surface area contributed by atoms with Gasteiger partial charge < -0.3 is 16.0 Å². The second-order valence-corrected chi connectivity index (χ2v) is 12.6. The molecular formula is C32H29N5O7S2. The van der Waals surface area contributed by atoms with Crippen molar-refractivity contribution in [3.8, 4) is 0 Å². The number of benzene rings is 4. The summed E-state index contributed by atoms with van der Waals surface area (Å²) in [7, 11) is -3.87. The topological polar surface area (TPSA) is 191 Å². The highest BCUT2D eigenvalue weighted by atomic mass is 32.2. The molecule has 0 saturated heterocycles. The van der Waals surface area contributed by atoms with Crippen molar-refractivity contribution in [1.29, 1.82) is 0 Å². The Morgan fingerprint density at radius 1 is 0.891 bits per heavy atom. The number of nitrogens with one attached hydrogen (secondary N) is 3. The Bertz CT molecular complexity index is 1900. The molecule has 3 amide bonds. The number of hydrogen-bond acceptors (Lipinski definition) is 8. The van der Waals surface area contributed by atoms with Crippen LogP contribution in [0.4, 0.5) is 17.1 Å². The number of hydrogen-bond donors (Lipinski definition) is 4. The maximum absolute atomic E-state index is 13.5. The Hall–Kier alpha value is -5.31. The maximum Gasteiger partial charge on any atom is 0.276 e. The molecular weight excluding hydrogens is 631 g/mol. The van der Waals surface area contributed by atoms with Crippen LogP contribution in [0, 0.1) is 10.1 Å². The van der Waals surface area contributed by atoms with E-state index in [0.29, 0.717) is 22.7 Å². The van der Waals surface area contributed by atoms with Crippen LogP contribution in [0.2, 0.25) is 0 Å². The number of nitro groups is 1. The predicted molar refractivity (Wildman–Crippen MR) is 176 cm³/mol. The summed E-state index contributed by atoms with van der Waals surface area (Å²) in [6, 6.07) is 26.2. The molecule has 14 heteroatoms. The summed E-state index contributed by atoms with van der Waals surface area (Å²) in [6.07, 6.45) is 1.69. The van der Waals surface area contributed by atoms with Gasteiger partial charge in [0.15, 0.2) is 0 Å². The van der Waals surface area contributed by atoms with E-state index in [9.17, 15) is 32.9 Å². The van der Waals surface area contributed by atoms with E-state index in [4.69, 9.17) is 5.14 Å². The molecule has 46 heavy (non-hydrogen) atoms. The molecule has 0 radical (unpaired) electrons. The molecule has 0 heterocycles. The van der Waals surface area contributed by atoms with Gasteiger partial charge >= 0.3 is 0 Å². The van der Waals surface area contributed by atoms with Gasteiger partial charge in [-0.15, -0.1) is 11.8 Å². The summed E-state index contributed by atoms with van der Waals surface area (Å²) in [5.74, 6) is -1.62. The van der Waals surface area contributed by atoms with Gasteiger partial charge in [0.2, 0.25) is 15.9 Å². The van der Waals surface area contributed by atoms with E-state index in [2.05, 4.69) is 16.0 Å². The third-order valence-electron chi connectivity index (χ3n) is 6.45. The molecule has 0 aliphatic carbocycles. The van der Waals surface area contributed by atoms with E-state index in [0.717, 1.165) is 0 Å². The van der Waals surface area contributed by atoms with Crippen molar-refractivity contribution in [3.05, 3.63) is 130 Å². The number of primary sulfonamides is 1. The molecule has 0 fully saturated rings. The Morgan fingerprint density at radius 3 is 2.22 bits per heavy atom. The number of nitrogens with two attached hydrogens (primary N) is 1. The summed E-state index contributed by atoms with van der Waals surface area (Å²) in [4.78, 5) is 51.0. The number of nitro benzene ring substituents is 1. The van der Waals surface area contributed by atoms with Gasteiger partial charge in [-0.25, -0.2) is 13.6 Å². The minimum atomic E-state index is -3.87. The van der Waals surface area contributed by atoms with E-state index < -0.39 is 32.0 Å². The Morgan fingerprint density at radius 2 is 1.57 bits per heavy atom. The molecule has 0 aliphatic rings. The third kappa shape index (κ3) is 9.11. The van der Waals surface area contributed by atoms with Gasteiger partial charge in [0, 0.05) is 27.9 Å². The largest absolute Gasteiger partial charge is 0.325 e. The van der Waals surface area contributed by atoms with Crippen molar-refractivity contribution in [1.82, 2.24) is 5.32 Å². The quantitative estimate of drug-likeness (QED) is 0.0694. The SMILES string of the molecule is CCC(Sc1cccc(NC(=O)/C(=C\c2ccccc2[N+](=O)[O-])NC(=O)c2ccccc2)c1)C(=O)Nc1ccc(S(N)(=O)=O)cc1. The molecule has 4 aromatic carbocycles. The van der Waals surface area contributed by atoms with Gasteiger partial charge in [-0.2, -0.15) is 0 Å². The average Bonchev–Trinajstić information content (AvgIpc) is 3.03. The summed E-state index contributed by atoms with van der Waals surface area (Å²) < 4.78 is 23.0. The molecule has 236 valence electrons. The van der Waals surface area contributed by atoms with Gasteiger partial charge in [0.25, 0.3) is 17.5 Å². The zero-order chi connectivity index (χ0) is 33.3. The van der Waals surface area contributed by atoms with E-state index >= 15 is 0 Å². The molecule has 12 nitrogen and oxygen atoms in total. The van der Waals surface area contributed by atoms with Crippen LogP contribution in [0.5, 0.6) is 0 Å². The van der Waals surface area contributed by atoms with Gasteiger partial charge in [-0.1, -0.05) is 43.3 Å². The molecule has 1 atom stereocenters. The van der Waals surface area contributed by atoms with Crippen LogP contribution >= 0.6 is 11.8 Å². The van der Waals surface area contributed by atoms with Crippen molar-refractivity contribution >= 4 is 62.6 Å². The van der Waals surface area contributed by atoms with Crippen LogP contribution in [0.3, 0.4) is 0 Å². The minimum Gasteiger partial charge on any atom is -0.325 e. The van der Waals surface area contributed by atoms with Crippen molar-refractivity contribution < 1.29 is 27.7 Å². The van der Waals surface area contributed by atoms with E-state index in [1.807, 2.05) is 6.92 Å². The van der Waals surface area contributed by atoms with Gasteiger partial charge in [0.05, 0.1) is 20.6 Å². The van der Waals surface area contributed by atoms with Gasteiger partial charge in [-0.3, -0.25) is 24.5 Å². The molecule has 4 aromatic rings. The number of anilines is 2. The number of thioether (sulfide) groups is 1. The number of sulfonamides is 1. The second kappa shape index (κ2) is 15.1. The first-order valence-electron chi connectivity index (χ1n) is 13.8. The average molecular weight is 660 g/mol. The van der Waals surface area contributed by atoms with E-state index in [1.165, 1.54) is 60.3 Å². The lowest BCUT2D eigenvalue weighted by Crippen LogP contribution is -2.30. The lowest BCUT2D eigenvalue weighted by atomic mass is 10.1. The summed E-state index contributed by atoms with van der Waals surface area (Å²) in [5, 5.41) is 24.2. The Kier molecular flexibility index (Phi) is 11.0. The van der Waals surface area contributed by atoms with Crippen molar-refractivity contribution in [2.75, 3.05) is 10.6 Å². The second-order valence-electron chi connectivity index (χ2n) is 9.75. The van der Waals surface area contributed by atoms with Crippen LogP contribution in [0.15, 0.2) is 119 Å². The number of carbonyl (C=O) groups is 3. The predicted octanol–water partition coefficient (Wildman–Crippen LogP) is 5.16. The fourth-order valence-electron chi connectivity index (χ4n) is 4.16. The molecule has 0 saturated carbocycles. The molecule has 0 bridgehead atoms. The molecule has 5 N–H and O–H groups in total. The van der Waals surface area contributed by atoms with Crippen LogP contribution in [-0.2, 0) is 19.6 Å². The van der Waals surface area contributed by atoms with Gasteiger partial charge in [-0.05, 0) is 73.2 Å². The highest BCUT2D eigenvalue weighted by Gasteiger charge is 2.21. The van der Waals surface area contributed by atoms with Gasteiger partial charge in [0.1, 0.15) is 5.70 Å². The van der Waals surface area contributed by atoms with Crippen LogP contribution in [-0.4, -0.2) is 36.3 Å². The lowest BCUT2D eigenvalue weighted by Gasteiger charge is -2.16. The van der Waals surface area contributed by atoms with Crippen molar-refractivity contribution in [3.63, 3.8) is 0 Å². The fraction of sp³-hybridized carbons (Fsp3) is 0.0938. The highest BCUT2D eigenvalue weighted by Crippen LogP contribution is 2.29. The summed E-state index contributed by atoms with van der Waals surface area (Å²) in [6.45, 7) is 1.84. The van der Waals surface area contributed by atoms with Crippen LogP contribution < -0.4 is 21.1 Å². The fourth-order valence-corrected chi connectivity index (χ4v) is 5.69. The molecule has 0 aliphatic heterocycles. The zero-order valence-corrected chi connectivity index (χ0v) is 26.0. The third-order valence-corrected chi connectivity index (χ3v) is 8.73. The Labute approximate surface area is 269 Å². The number of rotatable bonds is 12. The van der Waals surface area contributed by atoms with Crippen LogP contribution in [0.1, 0.15) is 29.3 Å². The lowest BCUT2D eigenvalue weighted by molar-refractivity contribution is -0.385. The van der Waals surface area contributed by atoms with E-state index in [1.54, 1.807) is 60.7 Å². The number of para-hydroxylation sites is 1. The first kappa shape index (κ1) is 33.6. The minimum absolute atomic E-state index is 0.0783. The smallest absolute Gasteiger partial charge is 0.276 e. The van der Waals surface area contributed by atoms with E-state index in [-0.39, 0.29) is 33.3 Å². The van der Waals surface area contributed by atoms with Crippen molar-refractivity contribution in [2.24, 2.45) is 5.14 Å². The first-order chi connectivity index (χ1) is 21.9. The molecule has 0 aromatic heterocycles. The van der Waals surface area contributed by atoms with Crippen LogP contribution in [0.25, 0.3) is 6.08 Å². The Balaban J connectivity index is 1.52. The first-order valence-corrected chi connectivity index (χ1v) is 16.2. The standard InChI is InChI=1S/C32H29N5O7S2/c1-2-29(32(40)34-23-15-17-26(18-16-23)46(33,43)44)45-25-13-8-12-24(20-25)35-31(39)27(36-30(38)21-9-4-3-5-10-21)19-22-11-6-7-14-28(22)37(41)42/h3-20,29H,2H2,1H3,(H,34,40)(H,35,39)(H,36,38)(H2,33,43,44)/b27-19+. The zero-order valence-electron chi connectivity index (χ0n) is 24.4. The highest BCUT2D eigenvalue weighted by molar-refractivity contribution is 8.00. The summed E-state index contributed by atoms with van der Waals surface area (Å²) in [5.41, 5.74) is 0.682. The number of carbonyl (C=O) groups excluding carboxylic acids is 3.